The summed E-state index contributed by atoms with van der Waals surface area (Å²) >= 11 is 0. The van der Waals surface area contributed by atoms with Crippen molar-refractivity contribution in [3.63, 3.8) is 0 Å². The first-order valence-corrected chi connectivity index (χ1v) is 9.45. The molecule has 30 heavy (non-hydrogen) atoms. The zero-order chi connectivity index (χ0) is 21.5. The number of aliphatic hydroxyl groups excluding tert-OH is 1. The van der Waals surface area contributed by atoms with E-state index >= 15 is 0 Å². The first kappa shape index (κ1) is 21.2. The lowest BCUT2D eigenvalue weighted by Crippen LogP contribution is -2.39. The molecule has 0 radical (unpaired) electrons. The highest BCUT2D eigenvalue weighted by molar-refractivity contribution is 5.94. The average molecular weight is 412 g/mol. The Morgan fingerprint density at radius 3 is 2.53 bits per heavy atom. The van der Waals surface area contributed by atoms with Crippen LogP contribution in [0.1, 0.15) is 17.3 Å². The fraction of sp³-hybridized carbons (Fsp3) is 0.238. The number of nitrogens with one attached hydrogen (secondary N) is 2. The molecule has 158 valence electrons. The Bertz CT molecular complexity index is 901. The fourth-order valence-electron chi connectivity index (χ4n) is 2.59. The highest BCUT2D eigenvalue weighted by Gasteiger charge is 2.25. The van der Waals surface area contributed by atoms with Crippen LogP contribution in [0.2, 0.25) is 0 Å². The minimum absolute atomic E-state index is 0.319. The Hall–Kier alpha value is -3.56. The van der Waals surface area contributed by atoms with E-state index in [4.69, 9.17) is 9.57 Å². The molecule has 9 nitrogen and oxygen atoms in total. The van der Waals surface area contributed by atoms with Gasteiger partial charge in [-0.3, -0.25) is 4.79 Å². The second-order valence-electron chi connectivity index (χ2n) is 6.55. The molecular weight excluding hydrogens is 388 g/mol. The Kier molecular flexibility index (Phi) is 6.89. The van der Waals surface area contributed by atoms with Gasteiger partial charge in [0.25, 0.3) is 5.91 Å². The molecule has 2 aromatic rings. The van der Waals surface area contributed by atoms with Crippen molar-refractivity contribution in [2.24, 2.45) is 0 Å². The molecule has 0 spiro atoms. The van der Waals surface area contributed by atoms with Gasteiger partial charge in [-0.1, -0.05) is 23.8 Å². The third kappa shape index (κ3) is 5.07. The zero-order valence-corrected chi connectivity index (χ0v) is 16.7. The molecule has 0 aliphatic carbocycles. The van der Waals surface area contributed by atoms with Gasteiger partial charge in [-0.05, 0) is 43.3 Å². The van der Waals surface area contributed by atoms with Crippen LogP contribution in [0.15, 0.2) is 66.6 Å². The predicted molar refractivity (Wildman–Crippen MR) is 110 cm³/mol. The smallest absolute Gasteiger partial charge is 0.410 e. The number of hydrogen-bond acceptors (Lipinski definition) is 7. The van der Waals surface area contributed by atoms with E-state index in [0.29, 0.717) is 29.3 Å². The first-order valence-electron chi connectivity index (χ1n) is 9.45. The van der Waals surface area contributed by atoms with Gasteiger partial charge in [0.05, 0.1) is 18.5 Å². The Balaban J connectivity index is 1.64. The molecule has 0 saturated heterocycles. The van der Waals surface area contributed by atoms with Crippen LogP contribution in [0.25, 0.3) is 0 Å². The van der Waals surface area contributed by atoms with E-state index in [1.54, 1.807) is 66.8 Å². The third-order valence-electron chi connectivity index (χ3n) is 4.49. The minimum atomic E-state index is -0.722. The van der Waals surface area contributed by atoms with Gasteiger partial charge in [-0.15, -0.1) is 0 Å². The SMILES string of the molecule is CCN(C)C(=O)Oc1ccc(N2C=C(C(CO)NC(=O)c3ccccc3)ON2)cc1. The molecule has 0 bridgehead atoms. The summed E-state index contributed by atoms with van der Waals surface area (Å²) in [5, 5.41) is 14.0. The quantitative estimate of drug-likeness (QED) is 0.639. The molecule has 1 unspecified atom stereocenters. The van der Waals surface area contributed by atoms with Crippen molar-refractivity contribution in [2.45, 2.75) is 13.0 Å². The molecule has 2 amide bonds. The molecule has 1 atom stereocenters. The van der Waals surface area contributed by atoms with Crippen LogP contribution >= 0.6 is 0 Å². The van der Waals surface area contributed by atoms with Crippen molar-refractivity contribution in [2.75, 3.05) is 25.2 Å². The summed E-state index contributed by atoms with van der Waals surface area (Å²) in [7, 11) is 1.66. The van der Waals surface area contributed by atoms with Crippen molar-refractivity contribution >= 4 is 17.7 Å². The van der Waals surface area contributed by atoms with Crippen molar-refractivity contribution in [1.82, 2.24) is 15.8 Å². The zero-order valence-electron chi connectivity index (χ0n) is 16.7. The van der Waals surface area contributed by atoms with Gasteiger partial charge in [0.15, 0.2) is 5.76 Å². The number of aliphatic hydroxyl groups is 1. The standard InChI is InChI=1S/C21H24N4O5/c1-3-24(2)21(28)29-17-11-9-16(10-12-17)25-13-19(30-23-25)18(14-26)22-20(27)15-7-5-4-6-8-15/h4-13,18,23,26H,3,14H2,1-2H3,(H,22,27). The largest absolute Gasteiger partial charge is 0.414 e. The predicted octanol–water partition coefficient (Wildman–Crippen LogP) is 2.03. The topological polar surface area (TPSA) is 103 Å². The van der Waals surface area contributed by atoms with Crippen LogP contribution in [-0.4, -0.2) is 48.2 Å². The summed E-state index contributed by atoms with van der Waals surface area (Å²) in [4.78, 5) is 31.0. The molecule has 9 heteroatoms. The molecule has 0 saturated carbocycles. The van der Waals surface area contributed by atoms with Gasteiger partial charge in [0, 0.05) is 19.2 Å². The van der Waals surface area contributed by atoms with Gasteiger partial charge >= 0.3 is 6.09 Å². The lowest BCUT2D eigenvalue weighted by molar-refractivity contribution is 0.0811. The van der Waals surface area contributed by atoms with E-state index in [1.807, 2.05) is 13.0 Å². The number of hydrogen-bond donors (Lipinski definition) is 3. The Labute approximate surface area is 174 Å². The molecular formula is C21H24N4O5. The number of carbonyl (C=O) groups excluding carboxylic acids is 2. The number of nitrogens with zero attached hydrogens (tertiary/aromatic N) is 2. The van der Waals surface area contributed by atoms with Crippen molar-refractivity contribution in [3.8, 4) is 5.75 Å². The maximum atomic E-state index is 12.3. The van der Waals surface area contributed by atoms with Crippen LogP contribution in [0.3, 0.4) is 0 Å². The van der Waals surface area contributed by atoms with E-state index in [-0.39, 0.29) is 12.5 Å². The maximum Gasteiger partial charge on any atom is 0.414 e. The fourth-order valence-corrected chi connectivity index (χ4v) is 2.59. The second kappa shape index (κ2) is 9.77. The molecule has 3 rings (SSSR count). The van der Waals surface area contributed by atoms with Crippen LogP contribution in [0, 0.1) is 0 Å². The number of anilines is 1. The van der Waals surface area contributed by atoms with E-state index in [9.17, 15) is 14.7 Å². The number of amides is 2. The molecule has 3 N–H and O–H groups in total. The average Bonchev–Trinajstić information content (AvgIpc) is 3.27. The normalized spacial score (nSPS) is 13.8. The monoisotopic (exact) mass is 412 g/mol. The lowest BCUT2D eigenvalue weighted by Gasteiger charge is -2.16. The number of benzene rings is 2. The molecule has 1 aliphatic rings. The van der Waals surface area contributed by atoms with Crippen LogP contribution in [0.5, 0.6) is 5.75 Å². The molecule has 2 aromatic carbocycles. The van der Waals surface area contributed by atoms with Gasteiger partial charge in [-0.2, -0.15) is 0 Å². The van der Waals surface area contributed by atoms with Crippen LogP contribution < -0.4 is 20.7 Å². The highest BCUT2D eigenvalue weighted by Crippen LogP contribution is 2.23. The van der Waals surface area contributed by atoms with Crippen molar-refractivity contribution in [3.05, 3.63) is 72.1 Å². The Morgan fingerprint density at radius 2 is 1.90 bits per heavy atom. The van der Waals surface area contributed by atoms with Crippen LogP contribution in [-0.2, 0) is 4.84 Å². The van der Waals surface area contributed by atoms with Crippen molar-refractivity contribution in [1.29, 1.82) is 0 Å². The van der Waals surface area contributed by atoms with Crippen molar-refractivity contribution < 1.29 is 24.3 Å². The van der Waals surface area contributed by atoms with Gasteiger partial charge in [-0.25, -0.2) is 9.80 Å². The minimum Gasteiger partial charge on any atom is -0.410 e. The van der Waals surface area contributed by atoms with E-state index in [0.717, 1.165) is 0 Å². The third-order valence-corrected chi connectivity index (χ3v) is 4.49. The summed E-state index contributed by atoms with van der Waals surface area (Å²) in [6, 6.07) is 14.8. The molecule has 1 heterocycles. The number of carbonyl (C=O) groups is 2. The summed E-state index contributed by atoms with van der Waals surface area (Å²) in [5.74, 6) is 0.444. The van der Waals surface area contributed by atoms with Crippen LogP contribution in [0.4, 0.5) is 10.5 Å². The summed E-state index contributed by atoms with van der Waals surface area (Å²) in [6.07, 6.45) is 1.19. The summed E-state index contributed by atoms with van der Waals surface area (Å²) in [5.41, 5.74) is 3.89. The molecule has 0 fully saturated rings. The van der Waals surface area contributed by atoms with E-state index in [1.165, 1.54) is 4.90 Å². The summed E-state index contributed by atoms with van der Waals surface area (Å²) < 4.78 is 5.27. The summed E-state index contributed by atoms with van der Waals surface area (Å²) in [6.45, 7) is 2.07. The van der Waals surface area contributed by atoms with E-state index in [2.05, 4.69) is 10.9 Å². The second-order valence-corrected chi connectivity index (χ2v) is 6.55. The van der Waals surface area contributed by atoms with Gasteiger partial charge in [0.2, 0.25) is 0 Å². The lowest BCUT2D eigenvalue weighted by atomic mass is 10.2. The number of ether oxygens (including phenoxy) is 1. The molecule has 0 aromatic heterocycles. The Morgan fingerprint density at radius 1 is 1.20 bits per heavy atom. The molecule has 1 aliphatic heterocycles. The first-order chi connectivity index (χ1) is 14.5. The maximum absolute atomic E-state index is 12.3. The number of rotatable bonds is 7. The van der Waals surface area contributed by atoms with E-state index < -0.39 is 12.1 Å². The highest BCUT2D eigenvalue weighted by atomic mass is 16.7. The number of hydrazine groups is 1. The van der Waals surface area contributed by atoms with Gasteiger partial charge < -0.3 is 24.9 Å². The van der Waals surface area contributed by atoms with Gasteiger partial charge in [0.1, 0.15) is 11.8 Å².